The molecule has 1 unspecified atom stereocenters. The number of alkyl halides is 3. The Morgan fingerprint density at radius 2 is 1.75 bits per heavy atom. The number of piperazine rings is 1. The zero-order valence-corrected chi connectivity index (χ0v) is 49.3. The van der Waals surface area contributed by atoms with E-state index in [1.165, 1.54) is 22.4 Å². The molecular formula is C61H86F3N11O9. The van der Waals surface area contributed by atoms with Crippen LogP contribution < -0.4 is 21.0 Å². The molecule has 9 atom stereocenters. The minimum absolute atomic E-state index is 0.0537. The number of hydrazine groups is 1. The number of nitrogens with zero attached hydrogens (tertiary/aromatic N) is 8. The molecule has 1 aromatic carbocycles. The lowest BCUT2D eigenvalue weighted by Gasteiger charge is -2.55. The predicted molar refractivity (Wildman–Crippen MR) is 307 cm³/mol. The van der Waals surface area contributed by atoms with Gasteiger partial charge in [-0.3, -0.25) is 49.2 Å². The average Bonchev–Trinajstić information content (AvgIpc) is 1.77. The van der Waals surface area contributed by atoms with Gasteiger partial charge in [-0.15, -0.1) is 0 Å². The number of hydrogen-bond donors (Lipinski definition) is 3. The topological polar surface area (TPSA) is 197 Å². The number of nitrogens with one attached hydrogen (secondary N) is 3. The fourth-order valence-corrected chi connectivity index (χ4v) is 15.6. The summed E-state index contributed by atoms with van der Waals surface area (Å²) in [5.74, 6) is -0.376. The number of aromatic nitrogens is 1. The lowest BCUT2D eigenvalue weighted by atomic mass is 9.83. The van der Waals surface area contributed by atoms with Gasteiger partial charge in [0.2, 0.25) is 11.8 Å². The SMILES string of the molecule is CO[C@@H](C)C1=C(c2c3c4cc(ccc4n2CC(F)(F)F)N2CCO[C@@H](C[C@H](NC(=O)[C@H](C4CCCC4)N4CCOC5(CN(C(=O)[C@@H]6N[C@@H]6C6CC6)C5)C4)C(=O)N4CCC[C@H](N4)C(=O)OCC(C)(C)C3)C2)CC(N2CCN3CCOC[C@@H]3C2)C=N1. The first-order valence-electron chi connectivity index (χ1n) is 31.3. The van der Waals surface area contributed by atoms with E-state index in [0.29, 0.717) is 131 Å². The molecule has 1 aromatic heterocycles. The van der Waals surface area contributed by atoms with Crippen molar-refractivity contribution in [1.82, 2.24) is 45.2 Å². The molecule has 1 spiro atoms. The van der Waals surface area contributed by atoms with Crippen molar-refractivity contribution in [3.63, 3.8) is 0 Å². The number of halogens is 3. The molecule has 2 saturated carbocycles. The van der Waals surface area contributed by atoms with Gasteiger partial charge in [-0.25, -0.2) is 5.43 Å². The van der Waals surface area contributed by atoms with Crippen LogP contribution in [0.5, 0.6) is 0 Å². The number of ether oxygens (including phenoxy) is 5. The molecule has 2 aliphatic carbocycles. The van der Waals surface area contributed by atoms with E-state index in [1.807, 2.05) is 44.0 Å². The van der Waals surface area contributed by atoms with Crippen molar-refractivity contribution >= 4 is 52.1 Å². The van der Waals surface area contributed by atoms with Gasteiger partial charge in [-0.05, 0) is 93.9 Å². The van der Waals surface area contributed by atoms with E-state index in [1.54, 1.807) is 13.2 Å². The van der Waals surface area contributed by atoms with Crippen molar-refractivity contribution in [3.8, 4) is 0 Å². The highest BCUT2D eigenvalue weighted by Gasteiger charge is 2.58. The number of carbonyl (C=O) groups is 4. The second-order valence-corrected chi connectivity index (χ2v) is 27.0. The molecule has 20 nitrogen and oxygen atoms in total. The monoisotopic (exact) mass is 1170 g/mol. The Labute approximate surface area is 490 Å². The van der Waals surface area contributed by atoms with Crippen molar-refractivity contribution in [1.29, 1.82) is 0 Å². The third-order valence-corrected chi connectivity index (χ3v) is 20.2. The highest BCUT2D eigenvalue weighted by molar-refractivity contribution is 5.95. The van der Waals surface area contributed by atoms with Crippen LogP contribution in [-0.4, -0.2) is 237 Å². The quantitative estimate of drug-likeness (QED) is 0.217. The summed E-state index contributed by atoms with van der Waals surface area (Å²) in [6, 6.07) is 3.40. The van der Waals surface area contributed by atoms with Crippen LogP contribution >= 0.6 is 0 Å². The van der Waals surface area contributed by atoms with E-state index in [4.69, 9.17) is 28.7 Å². The zero-order chi connectivity index (χ0) is 58.2. The Hall–Kier alpha value is -4.72. The fraction of sp³-hybridized carbons (Fsp3) is 0.754. The molecule has 460 valence electrons. The molecule has 9 aliphatic heterocycles. The van der Waals surface area contributed by atoms with E-state index in [-0.39, 0.29) is 67.3 Å². The first-order chi connectivity index (χ1) is 40.4. The fourth-order valence-electron chi connectivity index (χ4n) is 15.6. The molecule has 7 saturated heterocycles. The van der Waals surface area contributed by atoms with Crippen LogP contribution in [0.3, 0.4) is 0 Å². The van der Waals surface area contributed by atoms with Crippen LogP contribution in [0.2, 0.25) is 0 Å². The van der Waals surface area contributed by atoms with Crippen LogP contribution in [0.25, 0.3) is 16.5 Å². The van der Waals surface area contributed by atoms with Gasteiger partial charge in [-0.1, -0.05) is 26.7 Å². The Balaban J connectivity index is 0.821. The smallest absolute Gasteiger partial charge is 0.406 e. The highest BCUT2D eigenvalue weighted by atomic mass is 19.4. The van der Waals surface area contributed by atoms with E-state index in [0.717, 1.165) is 57.5 Å². The lowest BCUT2D eigenvalue weighted by Crippen LogP contribution is -2.73. The normalized spacial score (nSPS) is 31.8. The summed E-state index contributed by atoms with van der Waals surface area (Å²) in [7, 11) is 1.59. The molecule has 9 fully saturated rings. The summed E-state index contributed by atoms with van der Waals surface area (Å²) in [6.07, 6.45) is 4.05. The highest BCUT2D eigenvalue weighted by Crippen LogP contribution is 2.45. The number of likely N-dealkylation sites (tertiary alicyclic amines) is 1. The van der Waals surface area contributed by atoms with Gasteiger partial charge in [-0.2, -0.15) is 13.2 Å². The standard InChI is InChI=1S/C61H86F3N11O9/c1-37(80-4)50-45(25-41(28-65-50)70-17-16-69-18-21-81-31-42(69)29-70)54-46-27-59(2,3)36-83-58(79)47-10-7-15-75(68-47)56(77)48(26-43-30-71(19-22-82-43)40-13-14-49(44(46)24-40)74(54)35-61(62,63)64)66-55(76)53(39-8-5-6-9-39)72-20-23-84-60(32-72)33-73(34-60)57(78)52-51(67-52)38-11-12-38/h13-14,24,28,37-39,41-43,47-48,51-53,67-68H,5-12,15-23,25-27,29-36H2,1-4H3,(H,66,76)/t37-,41?,42-,43-,47-,48-,51+,52+,53-/m0/s1. The third kappa shape index (κ3) is 12.0. The summed E-state index contributed by atoms with van der Waals surface area (Å²) >= 11 is 0. The number of anilines is 1. The molecule has 2 aromatic rings. The van der Waals surface area contributed by atoms with Crippen LogP contribution in [0, 0.1) is 17.3 Å². The lowest BCUT2D eigenvalue weighted by molar-refractivity contribution is -0.197. The van der Waals surface area contributed by atoms with Crippen LogP contribution in [0.1, 0.15) is 96.2 Å². The molecule has 23 heteroatoms. The van der Waals surface area contributed by atoms with Crippen molar-refractivity contribution in [2.24, 2.45) is 22.2 Å². The van der Waals surface area contributed by atoms with Crippen molar-refractivity contribution in [3.05, 3.63) is 35.2 Å². The maximum atomic E-state index is 15.3. The Bertz CT molecular complexity index is 2880. The van der Waals surface area contributed by atoms with Crippen LogP contribution in [0.4, 0.5) is 18.9 Å². The number of aliphatic imine (C=N–C) groups is 1. The molecule has 0 radical (unpaired) electrons. The Morgan fingerprint density at radius 3 is 2.54 bits per heavy atom. The van der Waals surface area contributed by atoms with Gasteiger partial charge in [0.1, 0.15) is 30.3 Å². The summed E-state index contributed by atoms with van der Waals surface area (Å²) in [5, 5.41) is 8.81. The van der Waals surface area contributed by atoms with E-state index in [2.05, 4.69) is 35.7 Å². The molecule has 84 heavy (non-hydrogen) atoms. The van der Waals surface area contributed by atoms with E-state index >= 15 is 22.8 Å². The molecule has 11 aliphatic rings. The number of cyclic esters (lactones) is 1. The first kappa shape index (κ1) is 58.3. The van der Waals surface area contributed by atoms with Crippen LogP contribution in [0.15, 0.2) is 28.9 Å². The number of esters is 1. The van der Waals surface area contributed by atoms with Crippen molar-refractivity contribution < 1.29 is 56.0 Å². The van der Waals surface area contributed by atoms with Crippen LogP contribution in [-0.2, 0) is 55.8 Å². The molecule has 6 bridgehead atoms. The number of methoxy groups -OCH3 is 1. The molecule has 13 rings (SSSR count). The average molecular weight is 1170 g/mol. The summed E-state index contributed by atoms with van der Waals surface area (Å²) in [6.45, 7) is 12.9. The number of rotatable bonds is 11. The van der Waals surface area contributed by atoms with Crippen molar-refractivity contribution in [2.75, 3.05) is 117 Å². The maximum absolute atomic E-state index is 15.3. The number of carbonyl (C=O) groups excluding carboxylic acids is 4. The summed E-state index contributed by atoms with van der Waals surface area (Å²) < 4.78 is 78.4. The number of morpholine rings is 3. The number of amides is 3. The second kappa shape index (κ2) is 23.4. The van der Waals surface area contributed by atoms with Gasteiger partial charge >= 0.3 is 12.1 Å². The summed E-state index contributed by atoms with van der Waals surface area (Å²) in [4.78, 5) is 74.5. The molecule has 10 heterocycles. The second-order valence-electron chi connectivity index (χ2n) is 27.0. The first-order valence-corrected chi connectivity index (χ1v) is 31.3. The predicted octanol–water partition coefficient (Wildman–Crippen LogP) is 3.73. The van der Waals surface area contributed by atoms with Gasteiger partial charge < -0.3 is 43.4 Å². The number of benzene rings is 1. The number of hydrogen-bond acceptors (Lipinski definition) is 16. The molecule has 3 amide bonds. The number of fused-ring (bicyclic) bond motifs is 7. The minimum Gasteiger partial charge on any atom is -0.464 e. The van der Waals surface area contributed by atoms with E-state index < -0.39 is 60.0 Å². The molecule has 3 N–H and O–H groups in total. The maximum Gasteiger partial charge on any atom is 0.406 e. The van der Waals surface area contributed by atoms with Gasteiger partial charge in [0.05, 0.1) is 75.8 Å². The van der Waals surface area contributed by atoms with E-state index in [9.17, 15) is 9.59 Å². The largest absolute Gasteiger partial charge is 0.464 e. The van der Waals surface area contributed by atoms with Crippen molar-refractivity contribution in [2.45, 2.75) is 164 Å². The van der Waals surface area contributed by atoms with Gasteiger partial charge in [0.15, 0.2) is 0 Å². The van der Waals surface area contributed by atoms with Gasteiger partial charge in [0, 0.05) is 124 Å². The third-order valence-electron chi connectivity index (χ3n) is 20.2. The Kier molecular flexibility index (Phi) is 16.3. The Morgan fingerprint density at radius 1 is 0.940 bits per heavy atom. The minimum atomic E-state index is -4.59. The summed E-state index contributed by atoms with van der Waals surface area (Å²) in [5.41, 5.74) is 5.47. The zero-order valence-electron chi connectivity index (χ0n) is 49.3. The van der Waals surface area contributed by atoms with Gasteiger partial charge in [0.25, 0.3) is 5.91 Å². The molecular weight excluding hydrogens is 1090 g/mol.